The van der Waals surface area contributed by atoms with Crippen LogP contribution in [0.25, 0.3) is 0 Å². The summed E-state index contributed by atoms with van der Waals surface area (Å²) in [5.41, 5.74) is 1.85. The minimum atomic E-state index is -0.355. The van der Waals surface area contributed by atoms with E-state index in [0.29, 0.717) is 13.2 Å². The van der Waals surface area contributed by atoms with Crippen molar-refractivity contribution in [1.29, 1.82) is 0 Å². The van der Waals surface area contributed by atoms with Gasteiger partial charge in [0.1, 0.15) is 18.0 Å². The van der Waals surface area contributed by atoms with E-state index in [1.165, 1.54) is 6.07 Å². The van der Waals surface area contributed by atoms with Gasteiger partial charge in [-0.2, -0.15) is 0 Å². The van der Waals surface area contributed by atoms with Gasteiger partial charge in [0.05, 0.1) is 30.9 Å². The summed E-state index contributed by atoms with van der Waals surface area (Å²) in [6, 6.07) is 4.98. The van der Waals surface area contributed by atoms with Crippen molar-refractivity contribution in [2.45, 2.75) is 26.0 Å². The van der Waals surface area contributed by atoms with E-state index in [1.54, 1.807) is 12.4 Å². The molecule has 0 spiro atoms. The van der Waals surface area contributed by atoms with Crippen molar-refractivity contribution in [2.75, 3.05) is 36.5 Å². The van der Waals surface area contributed by atoms with Crippen LogP contribution in [0.15, 0.2) is 24.5 Å². The zero-order chi connectivity index (χ0) is 17.4. The lowest BCUT2D eigenvalue weighted by atomic mass is 9.92. The normalized spacial score (nSPS) is 19.2. The van der Waals surface area contributed by atoms with E-state index in [2.05, 4.69) is 20.2 Å². The maximum atomic E-state index is 14.4. The number of hydrogen-bond acceptors (Lipinski definition) is 6. The van der Waals surface area contributed by atoms with Gasteiger partial charge in [0.25, 0.3) is 0 Å². The molecule has 25 heavy (non-hydrogen) atoms. The number of aromatic nitrogens is 2. The Bertz CT molecular complexity index is 778. The van der Waals surface area contributed by atoms with Crippen LogP contribution in [0.4, 0.5) is 16.0 Å². The first kappa shape index (κ1) is 16.1. The van der Waals surface area contributed by atoms with Crippen LogP contribution < -0.4 is 15.0 Å². The Balaban J connectivity index is 1.63. The van der Waals surface area contributed by atoms with E-state index >= 15 is 0 Å². The van der Waals surface area contributed by atoms with Gasteiger partial charge < -0.3 is 19.7 Å². The number of anilines is 2. The molecule has 7 heteroatoms. The summed E-state index contributed by atoms with van der Waals surface area (Å²) in [5.74, 6) is 1.63. The maximum Gasteiger partial charge on any atom is 0.165 e. The monoisotopic (exact) mass is 344 g/mol. The van der Waals surface area contributed by atoms with Crippen molar-refractivity contribution in [3.63, 3.8) is 0 Å². The van der Waals surface area contributed by atoms with Crippen LogP contribution in [0.1, 0.15) is 31.0 Å². The molecule has 0 bridgehead atoms. The first-order valence-corrected chi connectivity index (χ1v) is 8.53. The fraction of sp³-hybridized carbons (Fsp3) is 0.444. The van der Waals surface area contributed by atoms with E-state index in [4.69, 9.17) is 9.47 Å². The molecule has 1 N–H and O–H groups in total. The highest BCUT2D eigenvalue weighted by Crippen LogP contribution is 2.44. The number of benzene rings is 1. The second kappa shape index (κ2) is 6.48. The van der Waals surface area contributed by atoms with E-state index in [9.17, 15) is 4.39 Å². The molecule has 3 heterocycles. The zero-order valence-electron chi connectivity index (χ0n) is 14.3. The number of rotatable bonds is 4. The first-order valence-electron chi connectivity index (χ1n) is 8.53. The summed E-state index contributed by atoms with van der Waals surface area (Å²) in [7, 11) is 0. The van der Waals surface area contributed by atoms with Crippen LogP contribution in [0.3, 0.4) is 0 Å². The molecule has 1 fully saturated rings. The van der Waals surface area contributed by atoms with Crippen molar-refractivity contribution in [1.82, 2.24) is 9.97 Å². The van der Waals surface area contributed by atoms with Gasteiger partial charge in [-0.25, -0.2) is 14.4 Å². The predicted octanol–water partition coefficient (Wildman–Crippen LogP) is 2.75. The van der Waals surface area contributed by atoms with Crippen LogP contribution in [-0.4, -0.2) is 42.4 Å². The van der Waals surface area contributed by atoms with E-state index in [-0.39, 0.29) is 23.7 Å². The Morgan fingerprint density at radius 1 is 1.28 bits per heavy atom. The Kier molecular flexibility index (Phi) is 4.17. The van der Waals surface area contributed by atoms with Gasteiger partial charge in [0.15, 0.2) is 11.6 Å². The van der Waals surface area contributed by atoms with Crippen molar-refractivity contribution in [3.05, 3.63) is 41.5 Å². The summed E-state index contributed by atoms with van der Waals surface area (Å²) in [6.07, 6.45) is 1.50. The molecule has 0 radical (unpaired) electrons. The molecule has 1 saturated heterocycles. The topological polar surface area (TPSA) is 59.5 Å². The molecular weight excluding hydrogens is 323 g/mol. The summed E-state index contributed by atoms with van der Waals surface area (Å²) < 4.78 is 25.2. The molecule has 132 valence electrons. The zero-order valence-corrected chi connectivity index (χ0v) is 14.3. The highest BCUT2D eigenvalue weighted by atomic mass is 19.1. The Morgan fingerprint density at radius 2 is 2.08 bits per heavy atom. The van der Waals surface area contributed by atoms with Crippen LogP contribution >= 0.6 is 0 Å². The molecule has 0 saturated carbocycles. The summed E-state index contributed by atoms with van der Waals surface area (Å²) in [4.78, 5) is 10.9. The predicted molar refractivity (Wildman–Crippen MR) is 92.7 cm³/mol. The molecule has 1 atom stereocenters. The second-order valence-electron chi connectivity index (χ2n) is 6.49. The lowest BCUT2D eigenvalue weighted by molar-refractivity contribution is 0.122. The molecular formula is C18H21FN4O2. The molecule has 1 unspecified atom stereocenters. The number of nitrogens with one attached hydrogen (secondary N) is 1. The minimum absolute atomic E-state index is 0.0655. The third-order valence-electron chi connectivity index (χ3n) is 4.40. The van der Waals surface area contributed by atoms with Crippen molar-refractivity contribution in [2.24, 2.45) is 0 Å². The second-order valence-corrected chi connectivity index (χ2v) is 6.49. The lowest BCUT2D eigenvalue weighted by Crippen LogP contribution is -2.39. The van der Waals surface area contributed by atoms with Gasteiger partial charge in [-0.3, -0.25) is 0 Å². The summed E-state index contributed by atoms with van der Waals surface area (Å²) in [5, 5.41) is 3.29. The van der Waals surface area contributed by atoms with Gasteiger partial charge in [0.2, 0.25) is 0 Å². The van der Waals surface area contributed by atoms with Gasteiger partial charge in [-0.1, -0.05) is 6.07 Å². The molecule has 6 nitrogen and oxygen atoms in total. The highest BCUT2D eigenvalue weighted by molar-refractivity contribution is 5.71. The van der Waals surface area contributed by atoms with Gasteiger partial charge in [-0.15, -0.1) is 0 Å². The Hall–Kier alpha value is -2.41. The first-order chi connectivity index (χ1) is 12.1. The number of ether oxygens (including phenoxy) is 2. The largest absolute Gasteiger partial charge is 0.488 e. The van der Waals surface area contributed by atoms with Crippen molar-refractivity contribution >= 4 is 11.6 Å². The third-order valence-corrected chi connectivity index (χ3v) is 4.40. The van der Waals surface area contributed by atoms with Crippen LogP contribution in [0, 0.1) is 5.82 Å². The maximum absolute atomic E-state index is 14.4. The van der Waals surface area contributed by atoms with E-state index in [0.717, 1.165) is 35.9 Å². The van der Waals surface area contributed by atoms with Crippen LogP contribution in [0.5, 0.6) is 5.75 Å². The number of nitrogens with zero attached hydrogens (tertiary/aromatic N) is 3. The average molecular weight is 344 g/mol. The molecule has 1 aromatic heterocycles. The fourth-order valence-electron chi connectivity index (χ4n) is 3.22. The SMILES string of the molecule is CC(C)Oc1ccc(C2Nc3ncnc(N4CCOCC4)c32)cc1F. The van der Waals surface area contributed by atoms with Crippen molar-refractivity contribution in [3.8, 4) is 5.75 Å². The van der Waals surface area contributed by atoms with Gasteiger partial charge in [0, 0.05) is 13.1 Å². The average Bonchev–Trinajstić information content (AvgIpc) is 2.58. The number of morpholine rings is 1. The molecule has 2 aliphatic rings. The summed E-state index contributed by atoms with van der Waals surface area (Å²) >= 11 is 0. The molecule has 4 rings (SSSR count). The van der Waals surface area contributed by atoms with Crippen molar-refractivity contribution < 1.29 is 13.9 Å². The number of halogens is 1. The molecule has 2 aliphatic heterocycles. The molecule has 1 aromatic carbocycles. The lowest BCUT2D eigenvalue weighted by Gasteiger charge is -2.37. The van der Waals surface area contributed by atoms with Crippen LogP contribution in [0.2, 0.25) is 0 Å². The smallest absolute Gasteiger partial charge is 0.165 e. The minimum Gasteiger partial charge on any atom is -0.488 e. The standard InChI is InChI=1S/C18H21FN4O2/c1-11(2)25-14-4-3-12(9-13(14)19)16-15-17(22-16)20-10-21-18(15)23-5-7-24-8-6-23/h3-4,9-11,16H,5-8H2,1-2H3,(H,20,21,22). The van der Waals surface area contributed by atoms with Gasteiger partial charge >= 0.3 is 0 Å². The van der Waals surface area contributed by atoms with Gasteiger partial charge in [-0.05, 0) is 31.5 Å². The quantitative estimate of drug-likeness (QED) is 0.920. The van der Waals surface area contributed by atoms with E-state index < -0.39 is 0 Å². The third kappa shape index (κ3) is 3.00. The Labute approximate surface area is 146 Å². The summed E-state index contributed by atoms with van der Waals surface area (Å²) in [6.45, 7) is 6.73. The highest BCUT2D eigenvalue weighted by Gasteiger charge is 2.34. The number of fused-ring (bicyclic) bond motifs is 1. The molecule has 2 aromatic rings. The Morgan fingerprint density at radius 3 is 2.80 bits per heavy atom. The fourth-order valence-corrected chi connectivity index (χ4v) is 3.22. The van der Waals surface area contributed by atoms with E-state index in [1.807, 2.05) is 19.9 Å². The van der Waals surface area contributed by atoms with Crippen LogP contribution in [-0.2, 0) is 4.74 Å². The number of hydrogen-bond donors (Lipinski definition) is 1. The molecule has 0 aliphatic carbocycles. The molecule has 0 amide bonds.